The van der Waals surface area contributed by atoms with E-state index in [1.165, 1.54) is 12.1 Å². The molecule has 3 rings (SSSR count). The molecule has 0 bridgehead atoms. The molecule has 1 aliphatic heterocycles. The summed E-state index contributed by atoms with van der Waals surface area (Å²) in [6, 6.07) is 8.41. The number of anilines is 1. The Hall–Kier alpha value is -2.01. The van der Waals surface area contributed by atoms with Crippen molar-refractivity contribution in [2.75, 3.05) is 24.5 Å². The SMILES string of the molecule is Cc1cc(N2CCC(CN)CC2)nc(-c2cccc(F)c2)n1. The van der Waals surface area contributed by atoms with Crippen LogP contribution in [0.1, 0.15) is 18.5 Å². The van der Waals surface area contributed by atoms with E-state index in [1.807, 2.05) is 19.1 Å². The highest BCUT2D eigenvalue weighted by Gasteiger charge is 2.20. The predicted octanol–water partition coefficient (Wildman–Crippen LogP) is 2.77. The van der Waals surface area contributed by atoms with Crippen LogP contribution in [0.4, 0.5) is 10.2 Å². The fourth-order valence-corrected chi connectivity index (χ4v) is 2.87. The van der Waals surface area contributed by atoms with Gasteiger partial charge in [-0.25, -0.2) is 14.4 Å². The average molecular weight is 300 g/mol. The zero-order valence-corrected chi connectivity index (χ0v) is 12.8. The lowest BCUT2D eigenvalue weighted by Crippen LogP contribution is -2.36. The summed E-state index contributed by atoms with van der Waals surface area (Å²) in [6.45, 7) is 4.62. The second-order valence-corrected chi connectivity index (χ2v) is 5.87. The summed E-state index contributed by atoms with van der Waals surface area (Å²) in [4.78, 5) is 11.4. The zero-order valence-electron chi connectivity index (χ0n) is 12.8. The molecular formula is C17H21FN4. The van der Waals surface area contributed by atoms with Gasteiger partial charge in [0.15, 0.2) is 5.82 Å². The first kappa shape index (κ1) is 14.9. The topological polar surface area (TPSA) is 55.0 Å². The number of benzene rings is 1. The van der Waals surface area contributed by atoms with Gasteiger partial charge in [0.1, 0.15) is 11.6 Å². The van der Waals surface area contributed by atoms with Crippen LogP contribution in [-0.2, 0) is 0 Å². The Balaban J connectivity index is 1.87. The van der Waals surface area contributed by atoms with Crippen molar-refractivity contribution < 1.29 is 4.39 Å². The molecule has 1 aromatic carbocycles. The number of halogens is 1. The van der Waals surface area contributed by atoms with Gasteiger partial charge in [0, 0.05) is 30.4 Å². The summed E-state index contributed by atoms with van der Waals surface area (Å²) in [5.74, 6) is 1.84. The van der Waals surface area contributed by atoms with E-state index in [-0.39, 0.29) is 5.82 Å². The molecule has 1 aliphatic rings. The highest BCUT2D eigenvalue weighted by atomic mass is 19.1. The first-order chi connectivity index (χ1) is 10.7. The van der Waals surface area contributed by atoms with Crippen LogP contribution in [0.5, 0.6) is 0 Å². The molecular weight excluding hydrogens is 279 g/mol. The Labute approximate surface area is 130 Å². The van der Waals surface area contributed by atoms with Gasteiger partial charge in [-0.3, -0.25) is 0 Å². The van der Waals surface area contributed by atoms with Crippen molar-refractivity contribution in [1.29, 1.82) is 0 Å². The van der Waals surface area contributed by atoms with Gasteiger partial charge < -0.3 is 10.6 Å². The van der Waals surface area contributed by atoms with Gasteiger partial charge in [0.25, 0.3) is 0 Å². The van der Waals surface area contributed by atoms with Gasteiger partial charge in [-0.2, -0.15) is 0 Å². The van der Waals surface area contributed by atoms with Gasteiger partial charge in [-0.05, 0) is 44.4 Å². The Bertz CT molecular complexity index is 651. The molecule has 2 aromatic rings. The van der Waals surface area contributed by atoms with Gasteiger partial charge in [0.2, 0.25) is 0 Å². The standard InChI is InChI=1S/C17H21FN4/c1-12-9-16(22-7-5-13(11-19)6-8-22)21-17(20-12)14-3-2-4-15(18)10-14/h2-4,9-10,13H,5-8,11,19H2,1H3. The maximum Gasteiger partial charge on any atom is 0.161 e. The molecule has 4 nitrogen and oxygen atoms in total. The summed E-state index contributed by atoms with van der Waals surface area (Å²) >= 11 is 0. The van der Waals surface area contributed by atoms with Crippen LogP contribution >= 0.6 is 0 Å². The minimum atomic E-state index is -0.270. The molecule has 22 heavy (non-hydrogen) atoms. The maximum absolute atomic E-state index is 13.4. The lowest BCUT2D eigenvalue weighted by atomic mass is 9.97. The number of nitrogens with zero attached hydrogens (tertiary/aromatic N) is 3. The molecule has 0 radical (unpaired) electrons. The minimum Gasteiger partial charge on any atom is -0.356 e. The molecule has 1 aromatic heterocycles. The molecule has 0 amide bonds. The normalized spacial score (nSPS) is 16.0. The summed E-state index contributed by atoms with van der Waals surface area (Å²) < 4.78 is 13.4. The van der Waals surface area contributed by atoms with Gasteiger partial charge in [-0.1, -0.05) is 12.1 Å². The molecule has 0 unspecified atom stereocenters. The number of hydrogen-bond acceptors (Lipinski definition) is 4. The van der Waals surface area contributed by atoms with E-state index >= 15 is 0 Å². The van der Waals surface area contributed by atoms with E-state index in [2.05, 4.69) is 14.9 Å². The van der Waals surface area contributed by atoms with E-state index in [0.717, 1.165) is 44.0 Å². The number of rotatable bonds is 3. The molecule has 5 heteroatoms. The van der Waals surface area contributed by atoms with Crippen molar-refractivity contribution in [3.8, 4) is 11.4 Å². The highest BCUT2D eigenvalue weighted by Crippen LogP contribution is 2.24. The quantitative estimate of drug-likeness (QED) is 0.947. The third kappa shape index (κ3) is 3.25. The lowest BCUT2D eigenvalue weighted by Gasteiger charge is -2.32. The van der Waals surface area contributed by atoms with Gasteiger partial charge >= 0.3 is 0 Å². The fourth-order valence-electron chi connectivity index (χ4n) is 2.87. The molecule has 0 aliphatic carbocycles. The second-order valence-electron chi connectivity index (χ2n) is 5.87. The van der Waals surface area contributed by atoms with E-state index in [1.54, 1.807) is 6.07 Å². The number of piperidine rings is 1. The molecule has 116 valence electrons. The van der Waals surface area contributed by atoms with Crippen molar-refractivity contribution in [3.05, 3.63) is 41.8 Å². The Morgan fingerprint density at radius 3 is 2.68 bits per heavy atom. The summed E-state index contributed by atoms with van der Waals surface area (Å²) in [6.07, 6.45) is 2.18. The monoisotopic (exact) mass is 300 g/mol. The summed E-state index contributed by atoms with van der Waals surface area (Å²) in [5, 5.41) is 0. The highest BCUT2D eigenvalue weighted by molar-refractivity contribution is 5.58. The van der Waals surface area contributed by atoms with Crippen molar-refractivity contribution in [1.82, 2.24) is 9.97 Å². The van der Waals surface area contributed by atoms with Crippen LogP contribution in [0, 0.1) is 18.7 Å². The second kappa shape index (κ2) is 6.40. The number of aryl methyl sites for hydroxylation is 1. The Kier molecular flexibility index (Phi) is 4.34. The fraction of sp³-hybridized carbons (Fsp3) is 0.412. The third-order valence-electron chi connectivity index (χ3n) is 4.20. The Morgan fingerprint density at radius 2 is 2.00 bits per heavy atom. The maximum atomic E-state index is 13.4. The smallest absolute Gasteiger partial charge is 0.161 e. The van der Waals surface area contributed by atoms with Crippen LogP contribution in [0.25, 0.3) is 11.4 Å². The van der Waals surface area contributed by atoms with Crippen molar-refractivity contribution >= 4 is 5.82 Å². The van der Waals surface area contributed by atoms with Crippen LogP contribution < -0.4 is 10.6 Å². The Morgan fingerprint density at radius 1 is 1.23 bits per heavy atom. The first-order valence-electron chi connectivity index (χ1n) is 7.72. The molecule has 2 N–H and O–H groups in total. The van der Waals surface area contributed by atoms with Crippen LogP contribution in [0.15, 0.2) is 30.3 Å². The summed E-state index contributed by atoms with van der Waals surface area (Å²) in [5.41, 5.74) is 7.35. The van der Waals surface area contributed by atoms with Crippen molar-refractivity contribution in [2.24, 2.45) is 11.7 Å². The largest absolute Gasteiger partial charge is 0.356 e. The predicted molar refractivity (Wildman–Crippen MR) is 86.2 cm³/mol. The molecule has 0 atom stereocenters. The van der Waals surface area contributed by atoms with Crippen LogP contribution in [0.3, 0.4) is 0 Å². The molecule has 2 heterocycles. The van der Waals surface area contributed by atoms with E-state index < -0.39 is 0 Å². The summed E-state index contributed by atoms with van der Waals surface area (Å²) in [7, 11) is 0. The number of aromatic nitrogens is 2. The number of nitrogens with two attached hydrogens (primary N) is 1. The third-order valence-corrected chi connectivity index (χ3v) is 4.20. The van der Waals surface area contributed by atoms with Gasteiger partial charge in [-0.15, -0.1) is 0 Å². The van der Waals surface area contributed by atoms with E-state index in [9.17, 15) is 4.39 Å². The van der Waals surface area contributed by atoms with Crippen LogP contribution in [0.2, 0.25) is 0 Å². The zero-order chi connectivity index (χ0) is 15.5. The van der Waals surface area contributed by atoms with Gasteiger partial charge in [0.05, 0.1) is 0 Å². The molecule has 1 saturated heterocycles. The minimum absolute atomic E-state index is 0.270. The molecule has 0 saturated carbocycles. The van der Waals surface area contributed by atoms with E-state index in [4.69, 9.17) is 5.73 Å². The molecule has 1 fully saturated rings. The number of hydrogen-bond donors (Lipinski definition) is 1. The van der Waals surface area contributed by atoms with Crippen LogP contribution in [-0.4, -0.2) is 29.6 Å². The van der Waals surface area contributed by atoms with E-state index in [0.29, 0.717) is 17.3 Å². The lowest BCUT2D eigenvalue weighted by molar-refractivity contribution is 0.413. The van der Waals surface area contributed by atoms with Crippen molar-refractivity contribution in [3.63, 3.8) is 0 Å². The molecule has 0 spiro atoms. The van der Waals surface area contributed by atoms with Crippen molar-refractivity contribution in [2.45, 2.75) is 19.8 Å². The first-order valence-corrected chi connectivity index (χ1v) is 7.72. The average Bonchev–Trinajstić information content (AvgIpc) is 2.54.